The Morgan fingerprint density at radius 1 is 1.03 bits per heavy atom. The first-order chi connectivity index (χ1) is 17.3. The van der Waals surface area contributed by atoms with Gasteiger partial charge < -0.3 is 25.2 Å². The van der Waals surface area contributed by atoms with Gasteiger partial charge in [-0.15, -0.1) is 0 Å². The van der Waals surface area contributed by atoms with Crippen LogP contribution in [0.4, 0.5) is 23.1 Å². The Bertz CT molecular complexity index is 1480. The number of nitrogens with zero attached hydrogens (tertiary/aromatic N) is 4. The number of anilines is 4. The summed E-state index contributed by atoms with van der Waals surface area (Å²) in [5.41, 5.74) is 4.27. The second kappa shape index (κ2) is 9.79. The van der Waals surface area contributed by atoms with Crippen molar-refractivity contribution in [1.82, 2.24) is 14.5 Å². The van der Waals surface area contributed by atoms with Crippen molar-refractivity contribution in [2.45, 2.75) is 30.4 Å². The number of piperidine rings is 1. The molecule has 0 aliphatic carbocycles. The first kappa shape index (κ1) is 24.1. The highest BCUT2D eigenvalue weighted by atomic mass is 32.2. The van der Waals surface area contributed by atoms with Crippen molar-refractivity contribution in [2.24, 2.45) is 7.05 Å². The molecular weight excluding hydrogens is 476 g/mol. The topological polar surface area (TPSA) is 112 Å². The van der Waals surface area contributed by atoms with Gasteiger partial charge in [0, 0.05) is 50.5 Å². The highest BCUT2D eigenvalue weighted by Gasteiger charge is 2.18. The maximum atomic E-state index is 12.2. The van der Waals surface area contributed by atoms with Crippen molar-refractivity contribution in [3.63, 3.8) is 0 Å². The summed E-state index contributed by atoms with van der Waals surface area (Å²) in [7, 11) is -1.42. The molecule has 1 aliphatic heterocycles. The van der Waals surface area contributed by atoms with Crippen LogP contribution in [0.3, 0.4) is 0 Å². The van der Waals surface area contributed by atoms with Crippen molar-refractivity contribution in [3.05, 3.63) is 66.4 Å². The van der Waals surface area contributed by atoms with Gasteiger partial charge in [0.15, 0.2) is 15.7 Å². The molecule has 2 aromatic heterocycles. The van der Waals surface area contributed by atoms with Gasteiger partial charge >= 0.3 is 0 Å². The summed E-state index contributed by atoms with van der Waals surface area (Å²) in [6.07, 6.45) is 4.51. The molecule has 5 rings (SSSR count). The lowest BCUT2D eigenvalue weighted by Gasteiger charge is -2.31. The average molecular weight is 507 g/mol. The molecule has 1 fully saturated rings. The minimum absolute atomic E-state index is 0.199. The van der Waals surface area contributed by atoms with Crippen LogP contribution in [-0.4, -0.2) is 53.5 Å². The number of nitrogens with one attached hydrogen (secondary N) is 2. The van der Waals surface area contributed by atoms with Crippen LogP contribution in [-0.2, 0) is 23.4 Å². The number of hydrogen-bond acceptors (Lipinski definition) is 8. The van der Waals surface area contributed by atoms with E-state index in [-0.39, 0.29) is 6.10 Å². The number of sulfone groups is 1. The highest BCUT2D eigenvalue weighted by Crippen LogP contribution is 2.27. The minimum Gasteiger partial charge on any atom is -0.393 e. The van der Waals surface area contributed by atoms with Gasteiger partial charge in [-0.25, -0.2) is 13.4 Å². The summed E-state index contributed by atoms with van der Waals surface area (Å²) in [6, 6.07) is 17.0. The fraction of sp³-hybridized carbons (Fsp3) is 0.308. The maximum Gasteiger partial charge on any atom is 0.229 e. The van der Waals surface area contributed by atoms with Gasteiger partial charge in [0.25, 0.3) is 0 Å². The molecule has 0 radical (unpaired) electrons. The summed E-state index contributed by atoms with van der Waals surface area (Å²) in [4.78, 5) is 12.0. The number of rotatable bonds is 7. The molecule has 3 N–H and O–H groups in total. The lowest BCUT2D eigenvalue weighted by Crippen LogP contribution is -2.35. The second-order valence-corrected chi connectivity index (χ2v) is 11.2. The molecule has 1 aliphatic rings. The Kier molecular flexibility index (Phi) is 6.55. The summed E-state index contributed by atoms with van der Waals surface area (Å²) in [5, 5.41) is 16.4. The quantitative estimate of drug-likeness (QED) is 0.348. The van der Waals surface area contributed by atoms with Crippen LogP contribution >= 0.6 is 0 Å². The Labute approximate surface area is 210 Å². The van der Waals surface area contributed by atoms with E-state index in [1.54, 1.807) is 18.2 Å². The Balaban J connectivity index is 1.38. The molecule has 0 atom stereocenters. The number of aliphatic hydroxyl groups is 1. The molecule has 0 saturated carbocycles. The van der Waals surface area contributed by atoms with E-state index in [9.17, 15) is 13.5 Å². The molecule has 188 valence electrons. The number of aliphatic hydroxyl groups excluding tert-OH is 1. The number of fused-ring (bicyclic) bond motifs is 1. The molecule has 0 spiro atoms. The van der Waals surface area contributed by atoms with E-state index in [0.29, 0.717) is 28.8 Å². The minimum atomic E-state index is -3.35. The van der Waals surface area contributed by atoms with Crippen LogP contribution in [0.25, 0.3) is 11.0 Å². The van der Waals surface area contributed by atoms with Gasteiger partial charge in [0.2, 0.25) is 5.95 Å². The smallest absolute Gasteiger partial charge is 0.229 e. The summed E-state index contributed by atoms with van der Waals surface area (Å²) in [5.74, 6) is 1.06. The predicted octanol–water partition coefficient (Wildman–Crippen LogP) is 3.69. The average Bonchev–Trinajstić information content (AvgIpc) is 3.24. The molecule has 4 aromatic rings. The zero-order valence-corrected chi connectivity index (χ0v) is 21.2. The standard InChI is InChI=1S/C26H30N6O3S/c1-31-14-13-22-24(31)25(27-17-18-5-3-4-6-23(18)36(2,34)35)30-26(29-22)28-19-7-9-20(10-8-19)32-15-11-21(33)12-16-32/h3-10,13-14,21,33H,11-12,15-17H2,1-2H3,(H2,27,28,29,30). The summed E-state index contributed by atoms with van der Waals surface area (Å²) in [6.45, 7) is 2.00. The molecule has 0 amide bonds. The molecule has 3 heterocycles. The number of aryl methyl sites for hydroxylation is 1. The van der Waals surface area contributed by atoms with Gasteiger partial charge in [-0.1, -0.05) is 18.2 Å². The third-order valence-corrected chi connectivity index (χ3v) is 7.69. The Hall–Kier alpha value is -3.63. The normalized spacial score (nSPS) is 14.8. The zero-order valence-electron chi connectivity index (χ0n) is 20.3. The van der Waals surface area contributed by atoms with E-state index in [0.717, 1.165) is 48.3 Å². The number of aromatic nitrogens is 3. The Morgan fingerprint density at radius 2 is 1.75 bits per heavy atom. The maximum absolute atomic E-state index is 12.2. The van der Waals surface area contributed by atoms with Crippen molar-refractivity contribution >= 4 is 44.0 Å². The van der Waals surface area contributed by atoms with E-state index in [1.807, 2.05) is 42.1 Å². The van der Waals surface area contributed by atoms with Gasteiger partial charge in [0.1, 0.15) is 5.52 Å². The van der Waals surface area contributed by atoms with Crippen LogP contribution in [0.1, 0.15) is 18.4 Å². The fourth-order valence-electron chi connectivity index (χ4n) is 4.57. The highest BCUT2D eigenvalue weighted by molar-refractivity contribution is 7.90. The van der Waals surface area contributed by atoms with Crippen molar-refractivity contribution in [2.75, 3.05) is 34.9 Å². The number of benzene rings is 2. The number of hydrogen-bond donors (Lipinski definition) is 3. The largest absolute Gasteiger partial charge is 0.393 e. The van der Waals surface area contributed by atoms with E-state index in [2.05, 4.69) is 32.7 Å². The van der Waals surface area contributed by atoms with Crippen LogP contribution in [0.5, 0.6) is 0 Å². The van der Waals surface area contributed by atoms with E-state index < -0.39 is 9.84 Å². The van der Waals surface area contributed by atoms with Gasteiger partial charge in [-0.05, 0) is 54.8 Å². The molecule has 9 nitrogen and oxygen atoms in total. The molecule has 0 bridgehead atoms. The fourth-order valence-corrected chi connectivity index (χ4v) is 5.51. The SMILES string of the molecule is Cn1ccc2nc(Nc3ccc(N4CCC(O)CC4)cc3)nc(NCc3ccccc3S(C)(=O)=O)c21. The first-order valence-corrected chi connectivity index (χ1v) is 13.8. The van der Waals surface area contributed by atoms with Crippen LogP contribution in [0.15, 0.2) is 65.7 Å². The third kappa shape index (κ3) is 5.14. The van der Waals surface area contributed by atoms with Crippen molar-refractivity contribution in [3.8, 4) is 0 Å². The van der Waals surface area contributed by atoms with Crippen molar-refractivity contribution < 1.29 is 13.5 Å². The molecular formula is C26H30N6O3S. The first-order valence-electron chi connectivity index (χ1n) is 11.9. The second-order valence-electron chi connectivity index (χ2n) is 9.18. The van der Waals surface area contributed by atoms with Crippen molar-refractivity contribution in [1.29, 1.82) is 0 Å². The lowest BCUT2D eigenvalue weighted by atomic mass is 10.1. The van der Waals surface area contributed by atoms with Crippen LogP contribution < -0.4 is 15.5 Å². The third-order valence-electron chi connectivity index (χ3n) is 6.49. The van der Waals surface area contributed by atoms with Crippen LogP contribution in [0, 0.1) is 0 Å². The van der Waals surface area contributed by atoms with Gasteiger partial charge in [-0.3, -0.25) is 0 Å². The molecule has 36 heavy (non-hydrogen) atoms. The molecule has 10 heteroatoms. The summed E-state index contributed by atoms with van der Waals surface area (Å²) >= 11 is 0. The van der Waals surface area contributed by atoms with E-state index in [4.69, 9.17) is 4.98 Å². The van der Waals surface area contributed by atoms with Gasteiger partial charge in [0.05, 0.1) is 16.5 Å². The molecule has 0 unspecified atom stereocenters. The molecule has 1 saturated heterocycles. The zero-order chi connectivity index (χ0) is 25.3. The van der Waals surface area contributed by atoms with Gasteiger partial charge in [-0.2, -0.15) is 4.98 Å². The Morgan fingerprint density at radius 3 is 2.47 bits per heavy atom. The monoisotopic (exact) mass is 506 g/mol. The van der Waals surface area contributed by atoms with E-state index in [1.165, 1.54) is 6.26 Å². The van der Waals surface area contributed by atoms with Crippen LogP contribution in [0.2, 0.25) is 0 Å². The van der Waals surface area contributed by atoms with E-state index >= 15 is 0 Å². The lowest BCUT2D eigenvalue weighted by molar-refractivity contribution is 0.145. The predicted molar refractivity (Wildman–Crippen MR) is 143 cm³/mol. The molecule has 2 aromatic carbocycles. The summed E-state index contributed by atoms with van der Waals surface area (Å²) < 4.78 is 26.3.